The Kier molecular flexibility index (Phi) is 4.28. The number of aryl methyl sites for hydroxylation is 1. The van der Waals surface area contributed by atoms with Crippen molar-refractivity contribution < 1.29 is 9.18 Å². The number of hydrogen-bond donors (Lipinski definition) is 2. The first-order chi connectivity index (χ1) is 10.9. The molecule has 0 bridgehead atoms. The van der Waals surface area contributed by atoms with Gasteiger partial charge in [-0.05, 0) is 48.9 Å². The molecule has 0 aliphatic heterocycles. The summed E-state index contributed by atoms with van der Waals surface area (Å²) in [5.74, 6) is -0.559. The van der Waals surface area contributed by atoms with Gasteiger partial charge in [-0.1, -0.05) is 23.2 Å². The van der Waals surface area contributed by atoms with Gasteiger partial charge in [-0.2, -0.15) is 0 Å². The molecule has 118 valence electrons. The van der Waals surface area contributed by atoms with Crippen LogP contribution < -0.4 is 5.32 Å². The largest absolute Gasteiger partial charge is 0.358 e. The van der Waals surface area contributed by atoms with Crippen LogP contribution in [0.5, 0.6) is 0 Å². The van der Waals surface area contributed by atoms with Gasteiger partial charge in [0.2, 0.25) is 5.91 Å². The molecule has 0 saturated heterocycles. The van der Waals surface area contributed by atoms with Crippen molar-refractivity contribution >= 4 is 45.7 Å². The van der Waals surface area contributed by atoms with Gasteiger partial charge in [-0.25, -0.2) is 4.39 Å². The Morgan fingerprint density at radius 3 is 2.57 bits per heavy atom. The van der Waals surface area contributed by atoms with Crippen LogP contribution in [0.1, 0.15) is 11.3 Å². The fourth-order valence-corrected chi connectivity index (χ4v) is 3.10. The van der Waals surface area contributed by atoms with Gasteiger partial charge in [0.15, 0.2) is 0 Å². The third-order valence-corrected chi connectivity index (χ3v) is 4.00. The Morgan fingerprint density at radius 2 is 1.87 bits per heavy atom. The molecule has 0 saturated carbocycles. The van der Waals surface area contributed by atoms with Gasteiger partial charge < -0.3 is 10.3 Å². The summed E-state index contributed by atoms with van der Waals surface area (Å²) in [4.78, 5) is 15.4. The summed E-state index contributed by atoms with van der Waals surface area (Å²) < 4.78 is 13.5. The summed E-state index contributed by atoms with van der Waals surface area (Å²) in [5.41, 5.74) is 2.93. The number of aromatic nitrogens is 1. The summed E-state index contributed by atoms with van der Waals surface area (Å²) in [6, 6.07) is 9.30. The molecule has 3 aromatic rings. The first-order valence-corrected chi connectivity index (χ1v) is 7.70. The number of aromatic amines is 1. The molecule has 3 rings (SSSR count). The van der Waals surface area contributed by atoms with Crippen LogP contribution in [-0.4, -0.2) is 10.9 Å². The Bertz CT molecular complexity index is 885. The summed E-state index contributed by atoms with van der Waals surface area (Å²) in [5, 5.41) is 4.35. The first kappa shape index (κ1) is 15.8. The quantitative estimate of drug-likeness (QED) is 0.677. The number of carbonyl (C=O) groups excluding carboxylic acids is 1. The van der Waals surface area contributed by atoms with E-state index in [0.29, 0.717) is 21.1 Å². The fourth-order valence-electron chi connectivity index (χ4n) is 2.57. The van der Waals surface area contributed by atoms with Crippen molar-refractivity contribution in [3.05, 3.63) is 63.5 Å². The van der Waals surface area contributed by atoms with Crippen molar-refractivity contribution in [1.29, 1.82) is 0 Å². The van der Waals surface area contributed by atoms with Crippen LogP contribution in [0.2, 0.25) is 10.0 Å². The van der Waals surface area contributed by atoms with E-state index in [-0.39, 0.29) is 18.1 Å². The lowest BCUT2D eigenvalue weighted by Gasteiger charge is -2.07. The molecule has 6 heteroatoms. The summed E-state index contributed by atoms with van der Waals surface area (Å²) in [6.45, 7) is 1.86. The van der Waals surface area contributed by atoms with Crippen molar-refractivity contribution in [3.8, 4) is 0 Å². The van der Waals surface area contributed by atoms with Crippen molar-refractivity contribution in [2.24, 2.45) is 0 Å². The number of hydrogen-bond acceptors (Lipinski definition) is 1. The highest BCUT2D eigenvalue weighted by Crippen LogP contribution is 2.25. The number of benzene rings is 2. The van der Waals surface area contributed by atoms with E-state index in [2.05, 4.69) is 10.3 Å². The molecule has 0 unspecified atom stereocenters. The third kappa shape index (κ3) is 3.49. The van der Waals surface area contributed by atoms with E-state index in [1.165, 1.54) is 12.1 Å². The van der Waals surface area contributed by atoms with Crippen molar-refractivity contribution in [1.82, 2.24) is 4.98 Å². The van der Waals surface area contributed by atoms with Crippen molar-refractivity contribution in [3.63, 3.8) is 0 Å². The van der Waals surface area contributed by atoms with E-state index in [4.69, 9.17) is 23.2 Å². The van der Waals surface area contributed by atoms with Crippen LogP contribution in [-0.2, 0) is 11.2 Å². The van der Waals surface area contributed by atoms with Gasteiger partial charge in [-0.3, -0.25) is 4.79 Å². The van der Waals surface area contributed by atoms with Crippen molar-refractivity contribution in [2.45, 2.75) is 13.3 Å². The average molecular weight is 351 g/mol. The molecule has 0 atom stereocenters. The second-order valence-electron chi connectivity index (χ2n) is 5.30. The molecule has 0 radical (unpaired) electrons. The van der Waals surface area contributed by atoms with Gasteiger partial charge in [0.05, 0.1) is 6.42 Å². The number of amides is 1. The minimum Gasteiger partial charge on any atom is -0.358 e. The molecule has 2 aromatic carbocycles. The summed E-state index contributed by atoms with van der Waals surface area (Å²) in [6.07, 6.45) is 0.124. The SMILES string of the molecule is Cc1[nH]c2ccc(F)cc2c1CC(=O)Nc1cc(Cl)cc(Cl)c1. The zero-order valence-electron chi connectivity index (χ0n) is 12.2. The smallest absolute Gasteiger partial charge is 0.228 e. The first-order valence-electron chi connectivity index (χ1n) is 6.95. The number of carbonyl (C=O) groups is 1. The zero-order chi connectivity index (χ0) is 16.6. The lowest BCUT2D eigenvalue weighted by atomic mass is 10.1. The maximum atomic E-state index is 13.5. The maximum absolute atomic E-state index is 13.5. The van der Waals surface area contributed by atoms with E-state index in [9.17, 15) is 9.18 Å². The fraction of sp³-hybridized carbons (Fsp3) is 0.118. The summed E-state index contributed by atoms with van der Waals surface area (Å²) >= 11 is 11.8. The summed E-state index contributed by atoms with van der Waals surface area (Å²) in [7, 11) is 0. The van der Waals surface area contributed by atoms with Crippen LogP contribution in [0.3, 0.4) is 0 Å². The lowest BCUT2D eigenvalue weighted by molar-refractivity contribution is -0.115. The maximum Gasteiger partial charge on any atom is 0.228 e. The molecule has 1 heterocycles. The van der Waals surface area contributed by atoms with Crippen LogP contribution in [0.25, 0.3) is 10.9 Å². The highest BCUT2D eigenvalue weighted by molar-refractivity contribution is 6.35. The van der Waals surface area contributed by atoms with Gasteiger partial charge in [-0.15, -0.1) is 0 Å². The molecular formula is C17H13Cl2FN2O. The highest BCUT2D eigenvalue weighted by Gasteiger charge is 2.13. The Balaban J connectivity index is 1.85. The number of rotatable bonds is 3. The highest BCUT2D eigenvalue weighted by atomic mass is 35.5. The van der Waals surface area contributed by atoms with Gasteiger partial charge in [0, 0.05) is 32.3 Å². The predicted octanol–water partition coefficient (Wildman–Crippen LogP) is 5.10. The molecule has 0 aliphatic carbocycles. The minimum atomic E-state index is -0.334. The monoisotopic (exact) mass is 350 g/mol. The number of H-pyrrole nitrogens is 1. The average Bonchev–Trinajstić information content (AvgIpc) is 2.74. The number of fused-ring (bicyclic) bond motifs is 1. The topological polar surface area (TPSA) is 44.9 Å². The van der Waals surface area contributed by atoms with E-state index in [0.717, 1.165) is 16.8 Å². The Hall–Kier alpha value is -2.04. The molecule has 0 spiro atoms. The third-order valence-electron chi connectivity index (χ3n) is 3.57. The second-order valence-corrected chi connectivity index (χ2v) is 6.17. The van der Waals surface area contributed by atoms with Crippen LogP contribution in [0.15, 0.2) is 36.4 Å². The molecule has 1 aromatic heterocycles. The zero-order valence-corrected chi connectivity index (χ0v) is 13.7. The number of halogens is 3. The van der Waals surface area contributed by atoms with E-state index >= 15 is 0 Å². The van der Waals surface area contributed by atoms with Gasteiger partial charge in [0.25, 0.3) is 0 Å². The van der Waals surface area contributed by atoms with E-state index < -0.39 is 0 Å². The van der Waals surface area contributed by atoms with Crippen molar-refractivity contribution in [2.75, 3.05) is 5.32 Å². The van der Waals surface area contributed by atoms with E-state index in [1.54, 1.807) is 24.3 Å². The Labute approximate surface area is 142 Å². The molecule has 0 fully saturated rings. The predicted molar refractivity (Wildman–Crippen MR) is 91.8 cm³/mol. The standard InChI is InChI=1S/C17H13Cl2FN2O/c1-9-14(15-7-12(20)2-3-16(15)21-9)8-17(23)22-13-5-10(18)4-11(19)6-13/h2-7,21H,8H2,1H3,(H,22,23). The lowest BCUT2D eigenvalue weighted by Crippen LogP contribution is -2.14. The van der Waals surface area contributed by atoms with Crippen LogP contribution >= 0.6 is 23.2 Å². The van der Waals surface area contributed by atoms with Gasteiger partial charge in [0.1, 0.15) is 5.82 Å². The molecule has 2 N–H and O–H groups in total. The van der Waals surface area contributed by atoms with E-state index in [1.807, 2.05) is 6.92 Å². The van der Waals surface area contributed by atoms with Gasteiger partial charge >= 0.3 is 0 Å². The molecule has 0 aliphatic rings. The Morgan fingerprint density at radius 1 is 1.17 bits per heavy atom. The molecule has 23 heavy (non-hydrogen) atoms. The minimum absolute atomic E-state index is 0.124. The molecule has 1 amide bonds. The second kappa shape index (κ2) is 6.22. The molecule has 3 nitrogen and oxygen atoms in total. The molecular weight excluding hydrogens is 338 g/mol. The normalized spacial score (nSPS) is 11.0. The van der Waals surface area contributed by atoms with Crippen LogP contribution in [0, 0.1) is 12.7 Å². The van der Waals surface area contributed by atoms with Crippen LogP contribution in [0.4, 0.5) is 10.1 Å². The number of nitrogens with one attached hydrogen (secondary N) is 2. The number of anilines is 1.